The lowest BCUT2D eigenvalue weighted by Gasteiger charge is -2.24. The Morgan fingerprint density at radius 2 is 1.85 bits per heavy atom. The molecule has 0 bridgehead atoms. The van der Waals surface area contributed by atoms with Crippen molar-refractivity contribution in [3.8, 4) is 0 Å². The maximum absolute atomic E-state index is 12.7. The van der Waals surface area contributed by atoms with Crippen LogP contribution in [0.15, 0.2) is 54.6 Å². The van der Waals surface area contributed by atoms with E-state index < -0.39 is 11.0 Å². The number of carbonyl (C=O) groups is 2. The molecular weight excluding hydrogens is 334 g/mol. The van der Waals surface area contributed by atoms with Crippen molar-refractivity contribution in [2.24, 2.45) is 0 Å². The van der Waals surface area contributed by atoms with Crippen molar-refractivity contribution in [1.29, 1.82) is 0 Å². The summed E-state index contributed by atoms with van der Waals surface area (Å²) in [5, 5.41) is 10.7. The van der Waals surface area contributed by atoms with Crippen molar-refractivity contribution in [3.63, 3.8) is 0 Å². The Labute approximate surface area is 151 Å². The molecule has 2 amide bonds. The Bertz CT molecular complexity index is 820. The zero-order valence-corrected chi connectivity index (χ0v) is 14.4. The van der Waals surface area contributed by atoms with E-state index in [0.717, 1.165) is 5.69 Å². The largest absolute Gasteiger partial charge is 0.333 e. The summed E-state index contributed by atoms with van der Waals surface area (Å²) in [5.74, 6) is -0.275. The van der Waals surface area contributed by atoms with Crippen molar-refractivity contribution in [3.05, 3.63) is 70.3 Å². The number of anilines is 1. The number of amides is 2. The van der Waals surface area contributed by atoms with E-state index in [1.807, 2.05) is 30.3 Å². The van der Waals surface area contributed by atoms with Gasteiger partial charge in [-0.2, -0.15) is 0 Å². The van der Waals surface area contributed by atoms with Gasteiger partial charge in [0.2, 0.25) is 11.8 Å². The summed E-state index contributed by atoms with van der Waals surface area (Å²) in [6.45, 7) is 0.572. The Morgan fingerprint density at radius 3 is 2.46 bits per heavy atom. The van der Waals surface area contributed by atoms with Gasteiger partial charge in [0, 0.05) is 31.4 Å². The van der Waals surface area contributed by atoms with Crippen LogP contribution in [0.25, 0.3) is 0 Å². The maximum Gasteiger partial charge on any atom is 0.269 e. The van der Waals surface area contributed by atoms with E-state index in [1.165, 1.54) is 17.0 Å². The summed E-state index contributed by atoms with van der Waals surface area (Å²) in [7, 11) is 1.63. The Hall–Kier alpha value is -3.22. The molecular formula is C19H19N3O4. The molecule has 26 heavy (non-hydrogen) atoms. The monoisotopic (exact) mass is 353 g/mol. The minimum atomic E-state index is -0.485. The van der Waals surface area contributed by atoms with Crippen LogP contribution in [0.3, 0.4) is 0 Å². The summed E-state index contributed by atoms with van der Waals surface area (Å²) in [6, 6.07) is 14.8. The van der Waals surface area contributed by atoms with E-state index in [4.69, 9.17) is 0 Å². The van der Waals surface area contributed by atoms with Gasteiger partial charge in [-0.1, -0.05) is 30.3 Å². The average molecular weight is 353 g/mol. The molecule has 3 rings (SSSR count). The number of nitro groups is 1. The van der Waals surface area contributed by atoms with Gasteiger partial charge in [0.15, 0.2) is 0 Å². The minimum Gasteiger partial charge on any atom is -0.333 e. The average Bonchev–Trinajstić information content (AvgIpc) is 3.03. The van der Waals surface area contributed by atoms with Crippen LogP contribution in [-0.4, -0.2) is 41.3 Å². The topological polar surface area (TPSA) is 83.8 Å². The first kappa shape index (κ1) is 17.6. The quantitative estimate of drug-likeness (QED) is 0.610. The molecule has 0 N–H and O–H groups in total. The van der Waals surface area contributed by atoms with E-state index >= 15 is 0 Å². The number of non-ortho nitro benzene ring substituents is 1. The molecule has 0 spiro atoms. The minimum absolute atomic E-state index is 0.0148. The van der Waals surface area contributed by atoms with E-state index in [9.17, 15) is 19.7 Å². The molecule has 2 aromatic rings. The second kappa shape index (κ2) is 7.35. The number of para-hydroxylation sites is 1. The Kier molecular flexibility index (Phi) is 4.97. The van der Waals surface area contributed by atoms with Gasteiger partial charge in [0.05, 0.1) is 11.3 Å². The fraction of sp³-hybridized carbons (Fsp3) is 0.263. The van der Waals surface area contributed by atoms with Gasteiger partial charge >= 0.3 is 0 Å². The van der Waals surface area contributed by atoms with Crippen molar-refractivity contribution >= 4 is 23.2 Å². The Balaban J connectivity index is 1.65. The third-order valence-corrected chi connectivity index (χ3v) is 4.61. The van der Waals surface area contributed by atoms with Crippen LogP contribution in [0.5, 0.6) is 0 Å². The molecule has 0 aromatic heterocycles. The van der Waals surface area contributed by atoms with Gasteiger partial charge < -0.3 is 9.80 Å². The van der Waals surface area contributed by atoms with Crippen molar-refractivity contribution in [2.45, 2.75) is 18.9 Å². The second-order valence-corrected chi connectivity index (χ2v) is 6.23. The van der Waals surface area contributed by atoms with Crippen LogP contribution in [0.4, 0.5) is 11.4 Å². The van der Waals surface area contributed by atoms with E-state index in [0.29, 0.717) is 18.5 Å². The third-order valence-electron chi connectivity index (χ3n) is 4.61. The first-order chi connectivity index (χ1) is 12.5. The lowest BCUT2D eigenvalue weighted by Crippen LogP contribution is -2.43. The predicted molar refractivity (Wildman–Crippen MR) is 96.8 cm³/mol. The Morgan fingerprint density at radius 1 is 1.19 bits per heavy atom. The van der Waals surface area contributed by atoms with E-state index in [1.54, 1.807) is 24.1 Å². The zero-order valence-electron chi connectivity index (χ0n) is 14.4. The van der Waals surface area contributed by atoms with Crippen molar-refractivity contribution < 1.29 is 14.5 Å². The summed E-state index contributed by atoms with van der Waals surface area (Å²) < 4.78 is 0. The molecule has 1 unspecified atom stereocenters. The molecule has 0 saturated carbocycles. The predicted octanol–water partition coefficient (Wildman–Crippen LogP) is 2.40. The highest BCUT2D eigenvalue weighted by atomic mass is 16.6. The van der Waals surface area contributed by atoms with Crippen LogP contribution >= 0.6 is 0 Å². The summed E-state index contributed by atoms with van der Waals surface area (Å²) in [5.41, 5.74) is 1.49. The summed E-state index contributed by atoms with van der Waals surface area (Å²) in [4.78, 5) is 38.6. The van der Waals surface area contributed by atoms with Gasteiger partial charge in [-0.15, -0.1) is 0 Å². The number of hydrogen-bond acceptors (Lipinski definition) is 4. The standard InChI is InChI=1S/C19H19N3O4/c1-20(18(23)13-14-7-9-16(10-8-14)22(25)26)17-11-12-21(19(17)24)15-5-3-2-4-6-15/h2-10,17H,11-13H2,1H3. The smallest absolute Gasteiger partial charge is 0.269 e. The van der Waals surface area contributed by atoms with E-state index in [2.05, 4.69) is 0 Å². The molecule has 7 nitrogen and oxygen atoms in total. The number of carbonyl (C=O) groups excluding carboxylic acids is 2. The molecule has 1 fully saturated rings. The number of hydrogen-bond donors (Lipinski definition) is 0. The van der Waals surface area contributed by atoms with Gasteiger partial charge in [-0.3, -0.25) is 19.7 Å². The molecule has 7 heteroatoms. The first-order valence-corrected chi connectivity index (χ1v) is 8.33. The molecule has 134 valence electrons. The van der Waals surface area contributed by atoms with Crippen molar-refractivity contribution in [2.75, 3.05) is 18.5 Å². The normalized spacial score (nSPS) is 16.6. The summed E-state index contributed by atoms with van der Waals surface area (Å²) in [6.07, 6.45) is 0.680. The van der Waals surface area contributed by atoms with Gasteiger partial charge in [-0.25, -0.2) is 0 Å². The van der Waals surface area contributed by atoms with Crippen LogP contribution in [0.1, 0.15) is 12.0 Å². The van der Waals surface area contributed by atoms with Crippen LogP contribution < -0.4 is 4.90 Å². The fourth-order valence-corrected chi connectivity index (χ4v) is 3.10. The molecule has 0 aliphatic carbocycles. The molecule has 1 aliphatic rings. The number of nitrogens with zero attached hydrogens (tertiary/aromatic N) is 3. The van der Waals surface area contributed by atoms with Crippen LogP contribution in [0, 0.1) is 10.1 Å². The lowest BCUT2D eigenvalue weighted by atomic mass is 10.1. The number of rotatable bonds is 5. The molecule has 1 atom stereocenters. The molecule has 1 saturated heterocycles. The second-order valence-electron chi connectivity index (χ2n) is 6.23. The lowest BCUT2D eigenvalue weighted by molar-refractivity contribution is -0.384. The number of likely N-dealkylation sites (N-methyl/N-ethyl adjacent to an activating group) is 1. The highest BCUT2D eigenvalue weighted by Crippen LogP contribution is 2.24. The molecule has 2 aromatic carbocycles. The van der Waals surface area contributed by atoms with E-state index in [-0.39, 0.29) is 23.9 Å². The fourth-order valence-electron chi connectivity index (χ4n) is 3.10. The summed E-state index contributed by atoms with van der Waals surface area (Å²) >= 11 is 0. The molecule has 1 heterocycles. The van der Waals surface area contributed by atoms with Crippen LogP contribution in [-0.2, 0) is 16.0 Å². The molecule has 0 radical (unpaired) electrons. The number of benzene rings is 2. The van der Waals surface area contributed by atoms with Gasteiger partial charge in [0.1, 0.15) is 6.04 Å². The third kappa shape index (κ3) is 3.56. The highest BCUT2D eigenvalue weighted by molar-refractivity contribution is 6.01. The van der Waals surface area contributed by atoms with Crippen LogP contribution in [0.2, 0.25) is 0 Å². The zero-order chi connectivity index (χ0) is 18.7. The highest BCUT2D eigenvalue weighted by Gasteiger charge is 2.36. The maximum atomic E-state index is 12.7. The number of nitro benzene ring substituents is 1. The first-order valence-electron chi connectivity index (χ1n) is 8.33. The van der Waals surface area contributed by atoms with Crippen molar-refractivity contribution in [1.82, 2.24) is 4.90 Å². The SMILES string of the molecule is CN(C(=O)Cc1ccc([N+](=O)[O-])cc1)C1CCN(c2ccccc2)C1=O. The van der Waals surface area contributed by atoms with Gasteiger partial charge in [-0.05, 0) is 24.1 Å². The van der Waals surface area contributed by atoms with Gasteiger partial charge in [0.25, 0.3) is 5.69 Å². The molecule has 1 aliphatic heterocycles.